The van der Waals surface area contributed by atoms with E-state index in [9.17, 15) is 0 Å². The summed E-state index contributed by atoms with van der Waals surface area (Å²) in [4.78, 5) is 6.69. The fourth-order valence-electron chi connectivity index (χ4n) is 2.45. The first-order valence-electron chi connectivity index (χ1n) is 6.65. The average molecular weight is 264 g/mol. The Morgan fingerprint density at radius 3 is 2.47 bits per heavy atom. The molecule has 0 aliphatic carbocycles. The highest BCUT2D eigenvalue weighted by molar-refractivity contribution is 6.02. The molecule has 0 aliphatic rings. The molecule has 106 valence electrons. The van der Waals surface area contributed by atoms with E-state index in [0.29, 0.717) is 11.6 Å². The summed E-state index contributed by atoms with van der Waals surface area (Å²) in [6.45, 7) is 8.20. The van der Waals surface area contributed by atoms with Gasteiger partial charge in [-0.15, -0.1) is 0 Å². The number of nitrogens with zero attached hydrogens (tertiary/aromatic N) is 3. The Kier molecular flexibility index (Phi) is 5.15. The number of anilines is 1. The number of oxime groups is 1. The molecule has 1 rings (SSSR count). The van der Waals surface area contributed by atoms with E-state index < -0.39 is 0 Å². The Morgan fingerprint density at radius 1 is 1.42 bits per heavy atom. The smallest absolute Gasteiger partial charge is 0.174 e. The third kappa shape index (κ3) is 3.16. The second-order valence-electron chi connectivity index (χ2n) is 4.85. The number of nitrogens with two attached hydrogens (primary N) is 1. The first kappa shape index (κ1) is 15.3. The molecule has 0 fully saturated rings. The Hall–Kier alpha value is -1.78. The van der Waals surface area contributed by atoms with Crippen LogP contribution >= 0.6 is 0 Å². The molecule has 19 heavy (non-hydrogen) atoms. The van der Waals surface area contributed by atoms with Gasteiger partial charge in [0.1, 0.15) is 5.82 Å². The zero-order valence-corrected chi connectivity index (χ0v) is 12.4. The largest absolute Gasteiger partial charge is 0.409 e. The highest BCUT2D eigenvalue weighted by Gasteiger charge is 2.20. The quantitative estimate of drug-likeness (QED) is 0.371. The fourth-order valence-corrected chi connectivity index (χ4v) is 2.45. The lowest BCUT2D eigenvalue weighted by Crippen LogP contribution is -2.34. The van der Waals surface area contributed by atoms with E-state index >= 15 is 0 Å². The zero-order chi connectivity index (χ0) is 14.6. The second kappa shape index (κ2) is 6.41. The highest BCUT2D eigenvalue weighted by atomic mass is 16.4. The summed E-state index contributed by atoms with van der Waals surface area (Å²) in [5.74, 6) is 0.888. The molecule has 1 aromatic heterocycles. The minimum Gasteiger partial charge on any atom is -0.409 e. The minimum absolute atomic E-state index is 0.109. The van der Waals surface area contributed by atoms with Crippen LogP contribution < -0.4 is 10.6 Å². The van der Waals surface area contributed by atoms with Crippen LogP contribution in [-0.2, 0) is 0 Å². The first-order valence-corrected chi connectivity index (χ1v) is 6.65. The monoisotopic (exact) mass is 264 g/mol. The number of pyridine rings is 1. The molecule has 0 atom stereocenters. The molecule has 0 saturated carbocycles. The number of hydrogen-bond acceptors (Lipinski definition) is 4. The van der Waals surface area contributed by atoms with Crippen molar-refractivity contribution in [1.82, 2.24) is 4.98 Å². The highest BCUT2D eigenvalue weighted by Crippen LogP contribution is 2.24. The number of amidine groups is 1. The van der Waals surface area contributed by atoms with Crippen LogP contribution in [0.4, 0.5) is 5.82 Å². The van der Waals surface area contributed by atoms with Gasteiger partial charge in [-0.3, -0.25) is 0 Å². The summed E-state index contributed by atoms with van der Waals surface area (Å²) in [5.41, 5.74) is 8.41. The second-order valence-corrected chi connectivity index (χ2v) is 4.85. The number of rotatable bonds is 5. The summed E-state index contributed by atoms with van der Waals surface area (Å²) in [6.07, 6.45) is 2.05. The van der Waals surface area contributed by atoms with Crippen LogP contribution in [0.2, 0.25) is 0 Å². The first-order chi connectivity index (χ1) is 8.96. The summed E-state index contributed by atoms with van der Waals surface area (Å²) >= 11 is 0. The van der Waals surface area contributed by atoms with Crippen LogP contribution in [0.25, 0.3) is 0 Å². The van der Waals surface area contributed by atoms with Crippen LogP contribution in [0.5, 0.6) is 0 Å². The van der Waals surface area contributed by atoms with Crippen LogP contribution in [0.3, 0.4) is 0 Å². The number of aryl methyl sites for hydroxylation is 2. The van der Waals surface area contributed by atoms with Crippen molar-refractivity contribution in [3.63, 3.8) is 0 Å². The summed E-state index contributed by atoms with van der Waals surface area (Å²) in [6, 6.07) is 2.33. The standard InChI is InChI=1S/C14H24N4O/c1-6-11(7-2)18(5)14-12(13(15)17-19)9(3)8-10(4)16-14/h8,11,19H,6-7H2,1-5H3,(H2,15,17). The molecule has 0 saturated heterocycles. The minimum atomic E-state index is 0.109. The van der Waals surface area contributed by atoms with Crippen molar-refractivity contribution in [2.24, 2.45) is 10.9 Å². The van der Waals surface area contributed by atoms with Crippen LogP contribution in [0.15, 0.2) is 11.2 Å². The van der Waals surface area contributed by atoms with Gasteiger partial charge in [-0.25, -0.2) is 4.98 Å². The number of hydrogen-bond donors (Lipinski definition) is 2. The van der Waals surface area contributed by atoms with Gasteiger partial charge in [0, 0.05) is 18.8 Å². The van der Waals surface area contributed by atoms with Gasteiger partial charge in [-0.2, -0.15) is 0 Å². The molecular formula is C14H24N4O. The topological polar surface area (TPSA) is 74.7 Å². The molecule has 5 nitrogen and oxygen atoms in total. The summed E-state index contributed by atoms with van der Waals surface area (Å²) in [7, 11) is 2.01. The zero-order valence-electron chi connectivity index (χ0n) is 12.4. The van der Waals surface area contributed by atoms with Crippen molar-refractivity contribution < 1.29 is 5.21 Å². The third-order valence-corrected chi connectivity index (χ3v) is 3.51. The van der Waals surface area contributed by atoms with E-state index in [0.717, 1.165) is 29.9 Å². The van der Waals surface area contributed by atoms with Crippen molar-refractivity contribution in [3.8, 4) is 0 Å². The Labute approximate surface area is 115 Å². The van der Waals surface area contributed by atoms with Gasteiger partial charge in [-0.05, 0) is 38.3 Å². The van der Waals surface area contributed by atoms with Gasteiger partial charge in [0.25, 0.3) is 0 Å². The molecule has 0 radical (unpaired) electrons. The SMILES string of the molecule is CCC(CC)N(C)c1nc(C)cc(C)c1/C(N)=N/O. The Balaban J connectivity index is 3.40. The van der Waals surface area contributed by atoms with Gasteiger partial charge in [0.05, 0.1) is 5.56 Å². The summed E-state index contributed by atoms with van der Waals surface area (Å²) < 4.78 is 0. The predicted molar refractivity (Wildman–Crippen MR) is 79.0 cm³/mol. The molecule has 0 spiro atoms. The van der Waals surface area contributed by atoms with Crippen molar-refractivity contribution in [1.29, 1.82) is 0 Å². The van der Waals surface area contributed by atoms with Crippen molar-refractivity contribution in [3.05, 3.63) is 22.9 Å². The van der Waals surface area contributed by atoms with Crippen molar-refractivity contribution >= 4 is 11.7 Å². The molecule has 5 heteroatoms. The maximum Gasteiger partial charge on any atom is 0.174 e. The molecule has 0 amide bonds. The molecule has 0 aromatic carbocycles. The molecule has 0 bridgehead atoms. The molecule has 0 unspecified atom stereocenters. The lowest BCUT2D eigenvalue weighted by molar-refractivity contribution is 0.318. The van der Waals surface area contributed by atoms with Gasteiger partial charge in [0.2, 0.25) is 0 Å². The maximum absolute atomic E-state index is 8.96. The van der Waals surface area contributed by atoms with E-state index in [1.807, 2.05) is 27.0 Å². The van der Waals surface area contributed by atoms with E-state index in [1.165, 1.54) is 0 Å². The number of aromatic nitrogens is 1. The van der Waals surface area contributed by atoms with Gasteiger partial charge in [0.15, 0.2) is 5.84 Å². The van der Waals surface area contributed by atoms with E-state index in [2.05, 4.69) is 28.9 Å². The van der Waals surface area contributed by atoms with Gasteiger partial charge < -0.3 is 15.8 Å². The van der Waals surface area contributed by atoms with Crippen LogP contribution in [0, 0.1) is 13.8 Å². The molecule has 1 heterocycles. The van der Waals surface area contributed by atoms with Gasteiger partial charge in [-0.1, -0.05) is 19.0 Å². The lowest BCUT2D eigenvalue weighted by Gasteiger charge is -2.29. The maximum atomic E-state index is 8.96. The van der Waals surface area contributed by atoms with E-state index in [1.54, 1.807) is 0 Å². The Morgan fingerprint density at radius 2 is 2.00 bits per heavy atom. The van der Waals surface area contributed by atoms with E-state index in [-0.39, 0.29) is 5.84 Å². The molecule has 3 N–H and O–H groups in total. The van der Waals surface area contributed by atoms with Crippen molar-refractivity contribution in [2.75, 3.05) is 11.9 Å². The normalized spacial score (nSPS) is 12.0. The predicted octanol–water partition coefficient (Wildman–Crippen LogP) is 2.42. The van der Waals surface area contributed by atoms with Crippen LogP contribution in [-0.4, -0.2) is 29.1 Å². The summed E-state index contributed by atoms with van der Waals surface area (Å²) in [5, 5.41) is 12.1. The fraction of sp³-hybridized carbons (Fsp3) is 0.571. The average Bonchev–Trinajstić information content (AvgIpc) is 2.38. The van der Waals surface area contributed by atoms with Crippen LogP contribution in [0.1, 0.15) is 43.5 Å². The van der Waals surface area contributed by atoms with Gasteiger partial charge >= 0.3 is 0 Å². The lowest BCUT2D eigenvalue weighted by atomic mass is 10.1. The van der Waals surface area contributed by atoms with E-state index in [4.69, 9.17) is 10.9 Å². The molecular weight excluding hydrogens is 240 g/mol. The Bertz CT molecular complexity index is 467. The molecule has 1 aromatic rings. The third-order valence-electron chi connectivity index (χ3n) is 3.51. The molecule has 0 aliphatic heterocycles. The van der Waals surface area contributed by atoms with Crippen molar-refractivity contribution in [2.45, 2.75) is 46.6 Å².